The molecule has 0 fully saturated rings. The van der Waals surface area contributed by atoms with Gasteiger partial charge >= 0.3 is 0 Å². The number of fused-ring (bicyclic) bond motifs is 1. The minimum atomic E-state index is 0.591. The van der Waals surface area contributed by atoms with E-state index in [0.29, 0.717) is 24.5 Å². The zero-order chi connectivity index (χ0) is 14.4. The van der Waals surface area contributed by atoms with Crippen LogP contribution in [0.15, 0.2) is 30.3 Å². The van der Waals surface area contributed by atoms with Gasteiger partial charge in [-0.05, 0) is 47.9 Å². The van der Waals surface area contributed by atoms with Crippen LogP contribution in [0.2, 0.25) is 0 Å². The van der Waals surface area contributed by atoms with E-state index in [4.69, 9.17) is 9.47 Å². The van der Waals surface area contributed by atoms with Gasteiger partial charge in [0.25, 0.3) is 0 Å². The predicted molar refractivity (Wildman–Crippen MR) is 80.9 cm³/mol. The van der Waals surface area contributed by atoms with Crippen molar-refractivity contribution in [3.63, 3.8) is 0 Å². The highest BCUT2D eigenvalue weighted by atomic mass is 16.5. The first kappa shape index (κ1) is 14.4. The summed E-state index contributed by atoms with van der Waals surface area (Å²) in [7, 11) is 0. The Morgan fingerprint density at radius 2 is 1.70 bits per heavy atom. The van der Waals surface area contributed by atoms with Gasteiger partial charge in [-0.1, -0.05) is 19.9 Å². The third kappa shape index (κ3) is 3.29. The van der Waals surface area contributed by atoms with Crippen LogP contribution in [0, 0.1) is 0 Å². The molecule has 0 radical (unpaired) electrons. The van der Waals surface area contributed by atoms with E-state index >= 15 is 0 Å². The van der Waals surface area contributed by atoms with Gasteiger partial charge in [0.15, 0.2) is 6.29 Å². The fourth-order valence-electron chi connectivity index (χ4n) is 2.01. The van der Waals surface area contributed by atoms with Gasteiger partial charge in [-0.15, -0.1) is 0 Å². The Labute approximate surface area is 119 Å². The van der Waals surface area contributed by atoms with Crippen molar-refractivity contribution >= 4 is 17.1 Å². The summed E-state index contributed by atoms with van der Waals surface area (Å²) in [5.41, 5.74) is 0.591. The highest BCUT2D eigenvalue weighted by molar-refractivity contribution is 5.92. The number of rotatable bonds is 7. The van der Waals surface area contributed by atoms with E-state index in [2.05, 4.69) is 6.92 Å². The van der Waals surface area contributed by atoms with E-state index < -0.39 is 0 Å². The van der Waals surface area contributed by atoms with Crippen molar-refractivity contribution in [2.24, 2.45) is 0 Å². The van der Waals surface area contributed by atoms with E-state index in [9.17, 15) is 4.79 Å². The quantitative estimate of drug-likeness (QED) is 0.707. The minimum Gasteiger partial charge on any atom is -0.494 e. The molecule has 0 aliphatic rings. The third-order valence-electron chi connectivity index (χ3n) is 3.00. The fourth-order valence-corrected chi connectivity index (χ4v) is 2.01. The van der Waals surface area contributed by atoms with Crippen molar-refractivity contribution in [1.29, 1.82) is 0 Å². The largest absolute Gasteiger partial charge is 0.494 e. The van der Waals surface area contributed by atoms with Gasteiger partial charge in [-0.2, -0.15) is 0 Å². The molecule has 0 spiro atoms. The Morgan fingerprint density at radius 3 is 2.40 bits per heavy atom. The zero-order valence-corrected chi connectivity index (χ0v) is 12.0. The molecule has 0 N–H and O–H groups in total. The molecule has 0 unspecified atom stereocenters. The van der Waals surface area contributed by atoms with Crippen LogP contribution in [0.4, 0.5) is 0 Å². The second-order valence-corrected chi connectivity index (χ2v) is 4.71. The van der Waals surface area contributed by atoms with Crippen molar-refractivity contribution in [2.45, 2.75) is 26.7 Å². The molecule has 2 aromatic carbocycles. The molecule has 0 aromatic heterocycles. The van der Waals surface area contributed by atoms with E-state index in [0.717, 1.165) is 35.6 Å². The molecule has 2 rings (SSSR count). The fraction of sp³-hybridized carbons (Fsp3) is 0.353. The number of aldehydes is 1. The summed E-state index contributed by atoms with van der Waals surface area (Å²) < 4.78 is 11.3. The van der Waals surface area contributed by atoms with Gasteiger partial charge in [0.05, 0.1) is 18.8 Å². The summed E-state index contributed by atoms with van der Waals surface area (Å²) in [6.45, 7) is 5.43. The lowest BCUT2D eigenvalue weighted by Gasteiger charge is -2.10. The number of hydrogen-bond acceptors (Lipinski definition) is 3. The van der Waals surface area contributed by atoms with Gasteiger partial charge in [-0.3, -0.25) is 4.79 Å². The predicted octanol–water partition coefficient (Wildman–Crippen LogP) is 4.23. The van der Waals surface area contributed by atoms with Crippen LogP contribution in [0.5, 0.6) is 11.5 Å². The maximum absolute atomic E-state index is 11.1. The molecule has 0 amide bonds. The molecule has 20 heavy (non-hydrogen) atoms. The van der Waals surface area contributed by atoms with Crippen molar-refractivity contribution in [2.75, 3.05) is 13.2 Å². The van der Waals surface area contributed by atoms with E-state index in [-0.39, 0.29) is 0 Å². The second kappa shape index (κ2) is 6.94. The topological polar surface area (TPSA) is 35.5 Å². The van der Waals surface area contributed by atoms with Crippen LogP contribution in [-0.4, -0.2) is 19.5 Å². The number of hydrogen-bond donors (Lipinski definition) is 0. The summed E-state index contributed by atoms with van der Waals surface area (Å²) in [5.74, 6) is 1.49. The minimum absolute atomic E-state index is 0.591. The average molecular weight is 272 g/mol. The zero-order valence-electron chi connectivity index (χ0n) is 12.0. The van der Waals surface area contributed by atoms with Crippen LogP contribution in [0.25, 0.3) is 10.8 Å². The van der Waals surface area contributed by atoms with Gasteiger partial charge in [-0.25, -0.2) is 0 Å². The summed E-state index contributed by atoms with van der Waals surface area (Å²) in [6.07, 6.45) is 2.73. The maximum atomic E-state index is 11.1. The molecule has 106 valence electrons. The standard InChI is InChI=1S/C17H20O3/c1-3-7-19-16-6-5-13-9-15(12-18)17(20-8-4-2)11-14(13)10-16/h5-6,9-12H,3-4,7-8H2,1-2H3. The first-order valence-corrected chi connectivity index (χ1v) is 7.07. The lowest BCUT2D eigenvalue weighted by Crippen LogP contribution is -1.99. The molecule has 0 saturated heterocycles. The molecule has 3 heteroatoms. The summed E-state index contributed by atoms with van der Waals surface area (Å²) >= 11 is 0. The Morgan fingerprint density at radius 1 is 0.950 bits per heavy atom. The lowest BCUT2D eigenvalue weighted by molar-refractivity contribution is 0.111. The molecular weight excluding hydrogens is 252 g/mol. The van der Waals surface area contributed by atoms with Crippen LogP contribution in [0.1, 0.15) is 37.0 Å². The van der Waals surface area contributed by atoms with Crippen molar-refractivity contribution in [3.8, 4) is 11.5 Å². The van der Waals surface area contributed by atoms with Gasteiger partial charge in [0, 0.05) is 0 Å². The average Bonchev–Trinajstić information content (AvgIpc) is 2.49. The Hall–Kier alpha value is -2.03. The Kier molecular flexibility index (Phi) is 4.99. The van der Waals surface area contributed by atoms with E-state index in [1.807, 2.05) is 37.3 Å². The molecular formula is C17H20O3. The molecule has 0 saturated carbocycles. The van der Waals surface area contributed by atoms with Gasteiger partial charge in [0.1, 0.15) is 11.5 Å². The summed E-state index contributed by atoms with van der Waals surface area (Å²) in [5, 5.41) is 2.04. The summed E-state index contributed by atoms with van der Waals surface area (Å²) in [6, 6.07) is 9.65. The highest BCUT2D eigenvalue weighted by Gasteiger charge is 2.06. The highest BCUT2D eigenvalue weighted by Crippen LogP contribution is 2.28. The van der Waals surface area contributed by atoms with E-state index in [1.54, 1.807) is 0 Å². The van der Waals surface area contributed by atoms with Crippen LogP contribution in [-0.2, 0) is 0 Å². The normalized spacial score (nSPS) is 10.5. The monoisotopic (exact) mass is 272 g/mol. The molecule has 0 aliphatic carbocycles. The van der Waals surface area contributed by atoms with Crippen molar-refractivity contribution < 1.29 is 14.3 Å². The lowest BCUT2D eigenvalue weighted by atomic mass is 10.1. The van der Waals surface area contributed by atoms with Crippen LogP contribution < -0.4 is 9.47 Å². The van der Waals surface area contributed by atoms with Gasteiger partial charge < -0.3 is 9.47 Å². The molecule has 2 aromatic rings. The Bertz CT molecular complexity index is 590. The molecule has 0 atom stereocenters. The van der Waals surface area contributed by atoms with Crippen LogP contribution >= 0.6 is 0 Å². The molecule has 0 aliphatic heterocycles. The number of carbonyl (C=O) groups is 1. The SMILES string of the molecule is CCCOc1ccc2cc(C=O)c(OCCC)cc2c1. The molecule has 0 bridgehead atoms. The van der Waals surface area contributed by atoms with Crippen molar-refractivity contribution in [3.05, 3.63) is 35.9 Å². The smallest absolute Gasteiger partial charge is 0.153 e. The molecule has 3 nitrogen and oxygen atoms in total. The first-order valence-electron chi connectivity index (χ1n) is 7.07. The molecule has 0 heterocycles. The van der Waals surface area contributed by atoms with Crippen LogP contribution in [0.3, 0.4) is 0 Å². The number of carbonyl (C=O) groups excluding carboxylic acids is 1. The number of benzene rings is 2. The van der Waals surface area contributed by atoms with E-state index in [1.165, 1.54) is 0 Å². The first-order chi connectivity index (χ1) is 9.78. The van der Waals surface area contributed by atoms with Gasteiger partial charge in [0.2, 0.25) is 0 Å². The third-order valence-corrected chi connectivity index (χ3v) is 3.00. The Balaban J connectivity index is 2.37. The second-order valence-electron chi connectivity index (χ2n) is 4.71. The maximum Gasteiger partial charge on any atom is 0.153 e. The number of ether oxygens (including phenoxy) is 2. The summed E-state index contributed by atoms with van der Waals surface area (Å²) in [4.78, 5) is 11.1. The van der Waals surface area contributed by atoms with Crippen molar-refractivity contribution in [1.82, 2.24) is 0 Å².